The summed E-state index contributed by atoms with van der Waals surface area (Å²) in [4.78, 5) is 22.6. The molecule has 128 valence electrons. The highest BCUT2D eigenvalue weighted by molar-refractivity contribution is 7.90. The molecule has 0 radical (unpaired) electrons. The van der Waals surface area contributed by atoms with Crippen LogP contribution in [0.1, 0.15) is 11.4 Å². The van der Waals surface area contributed by atoms with Crippen LogP contribution in [0.5, 0.6) is 0 Å². The van der Waals surface area contributed by atoms with E-state index in [-0.39, 0.29) is 22.8 Å². The van der Waals surface area contributed by atoms with Gasteiger partial charge in [-0.2, -0.15) is 5.10 Å². The Balaban J connectivity index is 2.12. The molecule has 1 heterocycles. The molecular weight excluding hydrogens is 336 g/mol. The van der Waals surface area contributed by atoms with Crippen molar-refractivity contribution < 1.29 is 18.1 Å². The number of anilines is 1. The minimum atomic E-state index is -3.30. The van der Waals surface area contributed by atoms with E-state index in [2.05, 4.69) is 10.4 Å². The minimum absolute atomic E-state index is 0.111. The van der Waals surface area contributed by atoms with Crippen LogP contribution in [0.25, 0.3) is 0 Å². The van der Waals surface area contributed by atoms with Gasteiger partial charge in [-0.1, -0.05) is 0 Å². The van der Waals surface area contributed by atoms with Gasteiger partial charge in [0.2, 0.25) is 5.91 Å². The molecule has 0 aliphatic heterocycles. The summed E-state index contributed by atoms with van der Waals surface area (Å²) in [5.41, 5.74) is 0.839. The quantitative estimate of drug-likeness (QED) is 0.641. The molecule has 1 aromatic carbocycles. The van der Waals surface area contributed by atoms with Crippen LogP contribution in [0.3, 0.4) is 0 Å². The molecule has 0 saturated heterocycles. The monoisotopic (exact) mass is 352 g/mol. The molecule has 0 saturated carbocycles. The lowest BCUT2D eigenvalue weighted by molar-refractivity contribution is -0.386. The second-order valence-electron chi connectivity index (χ2n) is 5.28. The van der Waals surface area contributed by atoms with Crippen molar-refractivity contribution in [2.45, 2.75) is 25.3 Å². The first kappa shape index (κ1) is 17.6. The molecule has 10 heteroatoms. The Hall–Kier alpha value is -2.75. The van der Waals surface area contributed by atoms with E-state index in [1.165, 1.54) is 42.8 Å². The third kappa shape index (κ3) is 3.77. The number of sulfone groups is 1. The van der Waals surface area contributed by atoms with Gasteiger partial charge in [0.25, 0.3) is 0 Å². The van der Waals surface area contributed by atoms with Crippen LogP contribution in [0.4, 0.5) is 11.4 Å². The number of carbonyl (C=O) groups is 1. The molecular formula is C14H16N4O5S. The molecule has 0 bridgehead atoms. The number of hydrogen-bond acceptors (Lipinski definition) is 6. The van der Waals surface area contributed by atoms with Crippen molar-refractivity contribution in [3.8, 4) is 0 Å². The summed E-state index contributed by atoms with van der Waals surface area (Å²) < 4.78 is 24.0. The Kier molecular flexibility index (Phi) is 4.69. The van der Waals surface area contributed by atoms with Crippen molar-refractivity contribution in [1.29, 1.82) is 0 Å². The minimum Gasteiger partial charge on any atom is -0.324 e. The first-order chi connectivity index (χ1) is 11.1. The summed E-state index contributed by atoms with van der Waals surface area (Å²) in [7, 11) is -3.30. The van der Waals surface area contributed by atoms with Gasteiger partial charge in [-0.05, 0) is 38.1 Å². The van der Waals surface area contributed by atoms with E-state index >= 15 is 0 Å². The molecule has 9 nitrogen and oxygen atoms in total. The smallest absolute Gasteiger partial charge is 0.312 e. The average molecular weight is 352 g/mol. The van der Waals surface area contributed by atoms with Crippen LogP contribution in [0.15, 0.2) is 29.2 Å². The molecule has 0 atom stereocenters. The largest absolute Gasteiger partial charge is 0.324 e. The molecule has 1 N–H and O–H groups in total. The Morgan fingerprint density at radius 2 is 1.88 bits per heavy atom. The van der Waals surface area contributed by atoms with Crippen LogP contribution >= 0.6 is 0 Å². The van der Waals surface area contributed by atoms with E-state index in [9.17, 15) is 23.3 Å². The van der Waals surface area contributed by atoms with Gasteiger partial charge in [0.05, 0.1) is 9.82 Å². The molecule has 24 heavy (non-hydrogen) atoms. The maximum Gasteiger partial charge on any atom is 0.312 e. The maximum atomic E-state index is 12.0. The fourth-order valence-corrected chi connectivity index (χ4v) is 2.86. The molecule has 1 aromatic heterocycles. The van der Waals surface area contributed by atoms with Crippen LogP contribution in [0.2, 0.25) is 0 Å². The van der Waals surface area contributed by atoms with E-state index in [0.29, 0.717) is 11.4 Å². The number of nitrogens with zero attached hydrogens (tertiary/aromatic N) is 3. The third-order valence-electron chi connectivity index (χ3n) is 3.39. The number of hydrogen-bond donors (Lipinski definition) is 1. The Bertz CT molecular complexity index is 900. The lowest BCUT2D eigenvalue weighted by atomic mass is 10.3. The summed E-state index contributed by atoms with van der Waals surface area (Å²) in [6.07, 6.45) is 1.09. The van der Waals surface area contributed by atoms with Crippen molar-refractivity contribution in [3.63, 3.8) is 0 Å². The third-order valence-corrected chi connectivity index (χ3v) is 4.51. The molecule has 0 unspecified atom stereocenters. The number of nitrogens with one attached hydrogen (secondary N) is 1. The topological polar surface area (TPSA) is 124 Å². The predicted octanol–water partition coefficient (Wildman–Crippen LogP) is 1.45. The summed E-state index contributed by atoms with van der Waals surface area (Å²) >= 11 is 0. The number of aryl methyl sites for hydroxylation is 1. The van der Waals surface area contributed by atoms with E-state index in [4.69, 9.17) is 0 Å². The van der Waals surface area contributed by atoms with Crippen molar-refractivity contribution in [2.24, 2.45) is 0 Å². The summed E-state index contributed by atoms with van der Waals surface area (Å²) in [6.45, 7) is 2.84. The lowest BCUT2D eigenvalue weighted by Crippen LogP contribution is -2.20. The molecule has 0 aliphatic carbocycles. The van der Waals surface area contributed by atoms with Crippen molar-refractivity contribution >= 4 is 27.1 Å². The number of aromatic nitrogens is 2. The van der Waals surface area contributed by atoms with Crippen molar-refractivity contribution in [3.05, 3.63) is 45.8 Å². The van der Waals surface area contributed by atoms with Crippen molar-refractivity contribution in [2.75, 3.05) is 11.6 Å². The fourth-order valence-electron chi connectivity index (χ4n) is 2.23. The van der Waals surface area contributed by atoms with Gasteiger partial charge in [0.15, 0.2) is 9.84 Å². The molecule has 2 rings (SSSR count). The maximum absolute atomic E-state index is 12.0. The van der Waals surface area contributed by atoms with Gasteiger partial charge < -0.3 is 5.32 Å². The standard InChI is InChI=1S/C14H16N4O5S/c1-9-14(18(20)21)10(2)17(16-9)8-13(19)15-11-4-6-12(7-5-11)24(3,22)23/h4-7H,8H2,1-3H3,(H,15,19). The van der Waals surface area contributed by atoms with E-state index in [1.54, 1.807) is 0 Å². The lowest BCUT2D eigenvalue weighted by Gasteiger charge is -2.07. The van der Waals surface area contributed by atoms with Gasteiger partial charge >= 0.3 is 5.69 Å². The Labute approximate surface area is 138 Å². The van der Waals surface area contributed by atoms with E-state index in [0.717, 1.165) is 6.26 Å². The molecule has 0 spiro atoms. The SMILES string of the molecule is Cc1nn(CC(=O)Nc2ccc(S(C)(=O)=O)cc2)c(C)c1[N+](=O)[O-]. The zero-order valence-electron chi connectivity index (χ0n) is 13.3. The Morgan fingerprint density at radius 3 is 2.33 bits per heavy atom. The number of carbonyl (C=O) groups excluding carboxylic acids is 1. The highest BCUT2D eigenvalue weighted by Gasteiger charge is 2.22. The van der Waals surface area contributed by atoms with Crippen LogP contribution < -0.4 is 5.32 Å². The van der Waals surface area contributed by atoms with Crippen LogP contribution in [-0.2, 0) is 21.2 Å². The zero-order chi connectivity index (χ0) is 18.1. The van der Waals surface area contributed by atoms with Gasteiger partial charge in [-0.25, -0.2) is 8.42 Å². The summed E-state index contributed by atoms with van der Waals surface area (Å²) in [6, 6.07) is 5.72. The second kappa shape index (κ2) is 6.40. The van der Waals surface area contributed by atoms with E-state index < -0.39 is 20.7 Å². The normalized spacial score (nSPS) is 11.3. The predicted molar refractivity (Wildman–Crippen MR) is 86.5 cm³/mol. The molecule has 1 amide bonds. The van der Waals surface area contributed by atoms with Gasteiger partial charge in [0, 0.05) is 11.9 Å². The number of rotatable bonds is 5. The fraction of sp³-hybridized carbons (Fsp3) is 0.286. The van der Waals surface area contributed by atoms with Crippen LogP contribution in [0, 0.1) is 24.0 Å². The number of nitro groups is 1. The number of benzene rings is 1. The molecule has 0 aliphatic rings. The van der Waals surface area contributed by atoms with Gasteiger partial charge in [0.1, 0.15) is 17.9 Å². The highest BCUT2D eigenvalue weighted by atomic mass is 32.2. The second-order valence-corrected chi connectivity index (χ2v) is 7.29. The van der Waals surface area contributed by atoms with E-state index in [1.807, 2.05) is 0 Å². The van der Waals surface area contributed by atoms with Crippen molar-refractivity contribution in [1.82, 2.24) is 9.78 Å². The summed E-state index contributed by atoms with van der Waals surface area (Å²) in [5, 5.41) is 17.5. The summed E-state index contributed by atoms with van der Waals surface area (Å²) in [5.74, 6) is -0.428. The molecule has 2 aromatic rings. The number of amides is 1. The van der Waals surface area contributed by atoms with Crippen LogP contribution in [-0.4, -0.2) is 35.3 Å². The van der Waals surface area contributed by atoms with Gasteiger partial charge in [-0.15, -0.1) is 0 Å². The first-order valence-electron chi connectivity index (χ1n) is 6.88. The Morgan fingerprint density at radius 1 is 1.29 bits per heavy atom. The zero-order valence-corrected chi connectivity index (χ0v) is 14.1. The van der Waals surface area contributed by atoms with Gasteiger partial charge in [-0.3, -0.25) is 19.6 Å². The first-order valence-corrected chi connectivity index (χ1v) is 8.77. The average Bonchev–Trinajstić information content (AvgIpc) is 2.72. The highest BCUT2D eigenvalue weighted by Crippen LogP contribution is 2.21. The molecule has 0 fully saturated rings.